The molecule has 384 valence electrons. The molecule has 65 heavy (non-hydrogen) atoms. The van der Waals surface area contributed by atoms with Crippen LogP contribution in [0.3, 0.4) is 0 Å². The van der Waals surface area contributed by atoms with Gasteiger partial charge in [-0.05, 0) is 12.8 Å². The number of hydrogen-bond donors (Lipinski definition) is 24. The third-order valence-corrected chi connectivity index (χ3v) is 10.8. The maximum Gasteiger partial charge on any atom is 2.00 e. The van der Waals surface area contributed by atoms with Gasteiger partial charge in [0.1, 0.15) is 11.9 Å². The molecular weight excluding hydrogens is 920 g/mol. The number of carboxylic acid groups (broad SMARTS) is 2. The van der Waals surface area contributed by atoms with Crippen LogP contribution in [0.2, 0.25) is 0 Å². The van der Waals surface area contributed by atoms with E-state index in [1.54, 1.807) is 0 Å². The van der Waals surface area contributed by atoms with E-state index in [2.05, 4.69) is 13.8 Å². The van der Waals surface area contributed by atoms with E-state index in [1.165, 1.54) is 0 Å². The summed E-state index contributed by atoms with van der Waals surface area (Å²) in [5.74, 6) is -65.5. The molecule has 0 radical (unpaired) electrons. The van der Waals surface area contributed by atoms with Crippen molar-refractivity contribution in [1.82, 2.24) is 0 Å². The summed E-state index contributed by atoms with van der Waals surface area (Å²) < 4.78 is 0. The zero-order chi connectivity index (χ0) is 51.3. The normalized spacial score (nSPS) is 14.4. The third kappa shape index (κ3) is 15.1. The molecule has 0 aromatic carbocycles. The summed E-state index contributed by atoms with van der Waals surface area (Å²) in [6.45, 7) is 4.13. The fourth-order valence-electron chi connectivity index (χ4n) is 6.01. The maximum atomic E-state index is 10.6. The van der Waals surface area contributed by atoms with Gasteiger partial charge in [0.05, 0.1) is 0 Å². The standard InChI is InChI=1S/2C18H36O14.Ca/c2*1-2-3-4-5-6-7-8-9-10-11-13(21,22)15(25,26)17(29,30)18(31,32)16(27,28)14(23,24)12(19)20;/h2*21-32H,2-11H2,1H3,(H,19,20);/q;;+2/p-2. The average molecular weight is 991 g/mol. The van der Waals surface area contributed by atoms with Crippen LogP contribution < -0.4 is 10.2 Å². The number of carbonyl (C=O) groups excluding carboxylic acids is 2. The molecule has 0 fully saturated rings. The number of aliphatic hydroxyl groups is 24. The number of carbonyl (C=O) groups is 2. The third-order valence-electron chi connectivity index (χ3n) is 10.8. The molecule has 0 amide bonds. The number of hydrogen-bond acceptors (Lipinski definition) is 28. The molecule has 0 bridgehead atoms. The van der Waals surface area contributed by atoms with Gasteiger partial charge in [0.25, 0.3) is 57.9 Å². The summed E-state index contributed by atoms with van der Waals surface area (Å²) in [6, 6.07) is 0. The van der Waals surface area contributed by atoms with E-state index in [0.29, 0.717) is 25.7 Å². The van der Waals surface area contributed by atoms with Crippen molar-refractivity contribution in [2.45, 2.75) is 212 Å². The van der Waals surface area contributed by atoms with Gasteiger partial charge in [-0.25, -0.2) is 0 Å². The first kappa shape index (κ1) is 68.5. The Morgan fingerprint density at radius 3 is 0.646 bits per heavy atom. The fraction of sp³-hybridized carbons (Fsp3) is 0.944. The zero-order valence-corrected chi connectivity index (χ0v) is 38.4. The predicted molar refractivity (Wildman–Crippen MR) is 205 cm³/mol. The quantitative estimate of drug-likeness (QED) is 0.0169. The smallest absolute Gasteiger partial charge is 0.544 e. The maximum absolute atomic E-state index is 10.6. The van der Waals surface area contributed by atoms with Crippen LogP contribution in [0.15, 0.2) is 0 Å². The summed E-state index contributed by atoms with van der Waals surface area (Å²) in [5.41, 5.74) is 0. The molecule has 0 heterocycles. The minimum Gasteiger partial charge on any atom is -0.544 e. The van der Waals surface area contributed by atoms with Crippen LogP contribution in [0.5, 0.6) is 0 Å². The van der Waals surface area contributed by atoms with E-state index in [1.807, 2.05) is 0 Å². The molecule has 0 aliphatic heterocycles. The van der Waals surface area contributed by atoms with Crippen molar-refractivity contribution in [2.24, 2.45) is 0 Å². The molecule has 0 rings (SSSR count). The van der Waals surface area contributed by atoms with Crippen molar-refractivity contribution in [3.05, 3.63) is 0 Å². The fourth-order valence-corrected chi connectivity index (χ4v) is 6.01. The molecular formula is C36H70CaO28. The predicted octanol–water partition coefficient (Wildman–Crippen LogP) is -10.9. The number of unbranched alkanes of at least 4 members (excludes halogenated alkanes) is 16. The van der Waals surface area contributed by atoms with Gasteiger partial charge in [-0.1, -0.05) is 117 Å². The molecule has 0 saturated carbocycles. The molecule has 0 aromatic heterocycles. The van der Waals surface area contributed by atoms with Gasteiger partial charge in [0, 0.05) is 12.8 Å². The second kappa shape index (κ2) is 25.9. The minimum absolute atomic E-state index is 0. The molecule has 0 aliphatic carbocycles. The van der Waals surface area contributed by atoms with E-state index < -0.39 is 94.2 Å². The topological polar surface area (TPSA) is 566 Å². The molecule has 0 atom stereocenters. The summed E-state index contributed by atoms with van der Waals surface area (Å²) in [4.78, 5) is 21.3. The van der Waals surface area contributed by atoms with Crippen molar-refractivity contribution >= 4 is 49.7 Å². The van der Waals surface area contributed by atoms with Crippen molar-refractivity contribution in [3.63, 3.8) is 0 Å². The summed E-state index contributed by atoms with van der Waals surface area (Å²) in [5, 5.41) is 253. The molecule has 24 N–H and O–H groups in total. The Morgan fingerprint density at radius 1 is 0.292 bits per heavy atom. The van der Waals surface area contributed by atoms with E-state index >= 15 is 0 Å². The molecule has 0 unspecified atom stereocenters. The van der Waals surface area contributed by atoms with Gasteiger partial charge in [-0.3, -0.25) is 0 Å². The summed E-state index contributed by atoms with van der Waals surface area (Å²) in [7, 11) is 0. The number of rotatable bonds is 32. The Hall–Kier alpha value is -0.760. The second-order valence-corrected chi connectivity index (χ2v) is 16.1. The zero-order valence-electron chi connectivity index (χ0n) is 36.2. The van der Waals surface area contributed by atoms with Crippen molar-refractivity contribution < 1.29 is 142 Å². The van der Waals surface area contributed by atoms with Gasteiger partial charge < -0.3 is 142 Å². The Labute approximate surface area is 402 Å². The first-order chi connectivity index (χ1) is 28.5. The average Bonchev–Trinajstić information content (AvgIpc) is 3.15. The Kier molecular flexibility index (Phi) is 27.3. The van der Waals surface area contributed by atoms with Gasteiger partial charge in [0.15, 0.2) is 0 Å². The minimum atomic E-state index is -5.33. The van der Waals surface area contributed by atoms with E-state index in [-0.39, 0.29) is 50.6 Å². The summed E-state index contributed by atoms with van der Waals surface area (Å²) in [6.07, 6.45) is 11.4. The Bertz CT molecular complexity index is 1300. The molecule has 0 spiro atoms. The van der Waals surface area contributed by atoms with Gasteiger partial charge in [0.2, 0.25) is 11.6 Å². The first-order valence-corrected chi connectivity index (χ1v) is 20.3. The van der Waals surface area contributed by atoms with E-state index in [0.717, 1.165) is 77.0 Å². The van der Waals surface area contributed by atoms with Crippen LogP contribution in [-0.4, -0.2) is 242 Å². The Morgan fingerprint density at radius 2 is 0.462 bits per heavy atom. The molecule has 29 heteroatoms. The van der Waals surface area contributed by atoms with Crippen LogP contribution in [0.25, 0.3) is 0 Å². The van der Waals surface area contributed by atoms with Crippen molar-refractivity contribution in [2.75, 3.05) is 0 Å². The van der Waals surface area contributed by atoms with E-state index in [9.17, 15) is 122 Å². The summed E-state index contributed by atoms with van der Waals surface area (Å²) >= 11 is 0. The van der Waals surface area contributed by atoms with Crippen LogP contribution in [0.4, 0.5) is 0 Å². The SMILES string of the molecule is CCCCCCCCCCCC(O)(O)C(O)(O)C(O)(O)C(O)(O)C(O)(O)C(O)(O)C(=O)[O-].CCCCCCCCCCCC(O)(O)C(O)(O)C(O)(O)C(O)(O)C(O)(O)C(O)(O)C(=O)[O-].[Ca+2]. The molecule has 0 aliphatic rings. The van der Waals surface area contributed by atoms with Gasteiger partial charge >= 0.3 is 37.7 Å². The van der Waals surface area contributed by atoms with Crippen molar-refractivity contribution in [3.8, 4) is 0 Å². The van der Waals surface area contributed by atoms with Crippen LogP contribution in [-0.2, 0) is 9.59 Å². The number of aliphatic carboxylic acids is 2. The van der Waals surface area contributed by atoms with Crippen LogP contribution in [0.1, 0.15) is 142 Å². The van der Waals surface area contributed by atoms with Crippen LogP contribution in [0, 0.1) is 0 Å². The monoisotopic (exact) mass is 990 g/mol. The van der Waals surface area contributed by atoms with Gasteiger partial charge in [-0.15, -0.1) is 0 Å². The first-order valence-electron chi connectivity index (χ1n) is 20.3. The van der Waals surface area contributed by atoms with Crippen LogP contribution >= 0.6 is 0 Å². The van der Waals surface area contributed by atoms with E-state index in [4.69, 9.17) is 20.4 Å². The second-order valence-electron chi connectivity index (χ2n) is 16.1. The number of carboxylic acids is 2. The largest absolute Gasteiger partial charge is 2.00 e. The van der Waals surface area contributed by atoms with Crippen molar-refractivity contribution in [1.29, 1.82) is 0 Å². The molecule has 0 saturated heterocycles. The molecule has 28 nitrogen and oxygen atoms in total. The molecule has 0 aromatic rings. The van der Waals surface area contributed by atoms with Gasteiger partial charge in [-0.2, -0.15) is 0 Å². The Balaban J connectivity index is -0.00000116.